The molecule has 0 spiro atoms. The van der Waals surface area contributed by atoms with Gasteiger partial charge in [0, 0.05) is 26.3 Å². The maximum atomic E-state index is 12.7. The van der Waals surface area contributed by atoms with Crippen molar-refractivity contribution in [2.45, 2.75) is 19.6 Å². The number of aromatic nitrogens is 6. The first-order valence-electron chi connectivity index (χ1n) is 9.55. The minimum atomic E-state index is -0.292. The SMILES string of the molecule is CNc1nc(Cl)cn2c(C(=O)N[C@H](C)COCc3cc(N)c4nnn(C)c4c3)cnc12. The molecule has 0 fully saturated rings. The van der Waals surface area contributed by atoms with Crippen LogP contribution in [0.3, 0.4) is 0 Å². The summed E-state index contributed by atoms with van der Waals surface area (Å²) in [6.45, 7) is 2.51. The molecule has 3 aromatic heterocycles. The lowest BCUT2D eigenvalue weighted by Crippen LogP contribution is -2.36. The third-order valence-electron chi connectivity index (χ3n) is 4.75. The fraction of sp³-hybridized carbons (Fsp3) is 0.316. The van der Waals surface area contributed by atoms with Gasteiger partial charge in [0.1, 0.15) is 16.4 Å². The molecule has 0 radical (unpaired) electrons. The van der Waals surface area contributed by atoms with Gasteiger partial charge in [0.05, 0.1) is 30.6 Å². The molecule has 0 aliphatic rings. The van der Waals surface area contributed by atoms with E-state index in [1.54, 1.807) is 29.4 Å². The average molecular weight is 444 g/mol. The molecule has 31 heavy (non-hydrogen) atoms. The summed E-state index contributed by atoms with van der Waals surface area (Å²) in [5.74, 6) is 0.197. The Kier molecular flexibility index (Phi) is 5.61. The number of rotatable bonds is 7. The minimum absolute atomic E-state index is 0.237. The van der Waals surface area contributed by atoms with Gasteiger partial charge in [-0.3, -0.25) is 9.20 Å². The van der Waals surface area contributed by atoms with Crippen LogP contribution in [0.15, 0.2) is 24.5 Å². The van der Waals surface area contributed by atoms with Gasteiger partial charge < -0.3 is 21.1 Å². The number of halogens is 1. The van der Waals surface area contributed by atoms with Gasteiger partial charge in [-0.25, -0.2) is 14.6 Å². The van der Waals surface area contributed by atoms with E-state index in [9.17, 15) is 4.79 Å². The number of imidazole rings is 1. The Balaban J connectivity index is 1.39. The summed E-state index contributed by atoms with van der Waals surface area (Å²) in [5.41, 5.74) is 9.85. The second-order valence-electron chi connectivity index (χ2n) is 7.15. The number of amides is 1. The lowest BCUT2D eigenvalue weighted by molar-refractivity contribution is 0.0816. The summed E-state index contributed by atoms with van der Waals surface area (Å²) in [5, 5.41) is 14.1. The Hall–Kier alpha value is -3.44. The van der Waals surface area contributed by atoms with Crippen molar-refractivity contribution in [1.82, 2.24) is 34.7 Å². The van der Waals surface area contributed by atoms with Crippen molar-refractivity contribution in [3.05, 3.63) is 40.9 Å². The van der Waals surface area contributed by atoms with Crippen molar-refractivity contribution in [3.8, 4) is 0 Å². The molecule has 0 saturated carbocycles. The van der Waals surface area contributed by atoms with Crippen LogP contribution in [-0.4, -0.2) is 55.0 Å². The second kappa shape index (κ2) is 8.36. The molecule has 0 aliphatic carbocycles. The number of anilines is 2. The molecule has 11 nitrogen and oxygen atoms in total. The van der Waals surface area contributed by atoms with Gasteiger partial charge in [-0.2, -0.15) is 0 Å². The normalized spacial score (nSPS) is 12.4. The third-order valence-corrected chi connectivity index (χ3v) is 4.94. The summed E-state index contributed by atoms with van der Waals surface area (Å²) in [6, 6.07) is 3.51. The molecular weight excluding hydrogens is 422 g/mol. The summed E-state index contributed by atoms with van der Waals surface area (Å²) < 4.78 is 9.04. The number of nitrogens with two attached hydrogens (primary N) is 1. The number of hydrogen-bond donors (Lipinski definition) is 3. The Morgan fingerprint density at radius 1 is 1.39 bits per heavy atom. The molecule has 0 aliphatic heterocycles. The zero-order chi connectivity index (χ0) is 22.1. The largest absolute Gasteiger partial charge is 0.397 e. The zero-order valence-corrected chi connectivity index (χ0v) is 18.0. The van der Waals surface area contributed by atoms with Gasteiger partial charge in [0.2, 0.25) is 0 Å². The highest BCUT2D eigenvalue weighted by Crippen LogP contribution is 2.21. The molecular formula is C19H22ClN9O2. The number of fused-ring (bicyclic) bond motifs is 2. The first-order valence-corrected chi connectivity index (χ1v) is 9.93. The quantitative estimate of drug-likeness (QED) is 0.366. The average Bonchev–Trinajstić information content (AvgIpc) is 3.31. The molecule has 4 N–H and O–H groups in total. The topological polar surface area (TPSA) is 137 Å². The van der Waals surface area contributed by atoms with Crippen LogP contribution >= 0.6 is 11.6 Å². The zero-order valence-electron chi connectivity index (χ0n) is 17.3. The van der Waals surface area contributed by atoms with Crippen LogP contribution in [0.25, 0.3) is 16.7 Å². The minimum Gasteiger partial charge on any atom is -0.397 e. The highest BCUT2D eigenvalue weighted by molar-refractivity contribution is 6.29. The predicted molar refractivity (Wildman–Crippen MR) is 117 cm³/mol. The van der Waals surface area contributed by atoms with Crippen LogP contribution in [0.1, 0.15) is 23.0 Å². The molecule has 1 atom stereocenters. The number of carbonyl (C=O) groups is 1. The van der Waals surface area contributed by atoms with Gasteiger partial charge in [-0.15, -0.1) is 5.10 Å². The van der Waals surface area contributed by atoms with Crippen LogP contribution in [0.2, 0.25) is 5.15 Å². The van der Waals surface area contributed by atoms with Gasteiger partial charge in [-0.1, -0.05) is 16.8 Å². The first kappa shape index (κ1) is 20.8. The van der Waals surface area contributed by atoms with E-state index in [-0.39, 0.29) is 17.1 Å². The Morgan fingerprint density at radius 3 is 2.97 bits per heavy atom. The van der Waals surface area contributed by atoms with E-state index in [0.29, 0.717) is 41.6 Å². The van der Waals surface area contributed by atoms with Crippen LogP contribution < -0.4 is 16.4 Å². The van der Waals surface area contributed by atoms with Gasteiger partial charge >= 0.3 is 0 Å². The standard InChI is InChI=1S/C19H22ClN9O2/c1-10(8-31-9-11-4-12(21)16-13(5-11)28(3)27-26-16)24-19(30)14-6-23-18-17(22-2)25-15(20)7-29(14)18/h4-7,10H,8-9,21H2,1-3H3,(H,22,25)(H,24,30)/t10-/m1/s1. The van der Waals surface area contributed by atoms with Gasteiger partial charge in [0.15, 0.2) is 11.5 Å². The molecule has 0 saturated heterocycles. The first-order chi connectivity index (χ1) is 14.9. The van der Waals surface area contributed by atoms with Gasteiger partial charge in [0.25, 0.3) is 5.91 Å². The smallest absolute Gasteiger partial charge is 0.270 e. The summed E-state index contributed by atoms with van der Waals surface area (Å²) in [6.07, 6.45) is 3.03. The number of nitrogen functional groups attached to an aromatic ring is 1. The van der Waals surface area contributed by atoms with Crippen molar-refractivity contribution in [1.29, 1.82) is 0 Å². The molecule has 12 heteroatoms. The lowest BCUT2D eigenvalue weighted by Gasteiger charge is -2.14. The van der Waals surface area contributed by atoms with E-state index < -0.39 is 0 Å². The number of ether oxygens (including phenoxy) is 1. The summed E-state index contributed by atoms with van der Waals surface area (Å²) in [4.78, 5) is 21.1. The molecule has 162 valence electrons. The van der Waals surface area contributed by atoms with E-state index in [4.69, 9.17) is 22.1 Å². The lowest BCUT2D eigenvalue weighted by atomic mass is 10.2. The molecule has 0 unspecified atom stereocenters. The van der Waals surface area contributed by atoms with Crippen LogP contribution in [0, 0.1) is 0 Å². The Bertz CT molecular complexity index is 1270. The van der Waals surface area contributed by atoms with E-state index in [1.807, 2.05) is 19.1 Å². The Labute approximate surface area is 182 Å². The summed E-state index contributed by atoms with van der Waals surface area (Å²) in [7, 11) is 3.52. The number of carbonyl (C=O) groups excluding carboxylic acids is 1. The predicted octanol–water partition coefficient (Wildman–Crippen LogP) is 1.62. The maximum Gasteiger partial charge on any atom is 0.270 e. The van der Waals surface area contributed by atoms with Crippen molar-refractivity contribution in [2.24, 2.45) is 7.05 Å². The number of nitrogens with zero attached hydrogens (tertiary/aromatic N) is 6. The highest BCUT2D eigenvalue weighted by Gasteiger charge is 2.17. The molecule has 4 aromatic rings. The number of nitrogens with one attached hydrogen (secondary N) is 2. The number of hydrogen-bond acceptors (Lipinski definition) is 8. The molecule has 4 rings (SSSR count). The Morgan fingerprint density at radius 2 is 2.19 bits per heavy atom. The highest BCUT2D eigenvalue weighted by atomic mass is 35.5. The van der Waals surface area contributed by atoms with Crippen molar-refractivity contribution >= 4 is 45.7 Å². The fourth-order valence-electron chi connectivity index (χ4n) is 3.29. The van der Waals surface area contributed by atoms with Crippen LogP contribution in [0.4, 0.5) is 11.5 Å². The monoisotopic (exact) mass is 443 g/mol. The van der Waals surface area contributed by atoms with Crippen molar-refractivity contribution in [2.75, 3.05) is 24.7 Å². The summed E-state index contributed by atoms with van der Waals surface area (Å²) >= 11 is 6.05. The maximum absolute atomic E-state index is 12.7. The third kappa shape index (κ3) is 4.09. The van der Waals surface area contributed by atoms with Gasteiger partial charge in [-0.05, 0) is 24.6 Å². The fourth-order valence-corrected chi connectivity index (χ4v) is 3.47. The van der Waals surface area contributed by atoms with Crippen LogP contribution in [0.5, 0.6) is 0 Å². The van der Waals surface area contributed by atoms with E-state index >= 15 is 0 Å². The van der Waals surface area contributed by atoms with E-state index in [1.165, 1.54) is 6.20 Å². The molecule has 1 amide bonds. The second-order valence-corrected chi connectivity index (χ2v) is 7.54. The van der Waals surface area contributed by atoms with E-state index in [0.717, 1.165) is 11.1 Å². The number of aryl methyl sites for hydroxylation is 1. The molecule has 0 bridgehead atoms. The number of benzene rings is 1. The van der Waals surface area contributed by atoms with Crippen LogP contribution in [-0.2, 0) is 18.4 Å². The van der Waals surface area contributed by atoms with E-state index in [2.05, 4.69) is 30.9 Å². The molecule has 1 aromatic carbocycles. The van der Waals surface area contributed by atoms with Crippen molar-refractivity contribution in [3.63, 3.8) is 0 Å². The molecule has 3 heterocycles. The van der Waals surface area contributed by atoms with Crippen molar-refractivity contribution < 1.29 is 9.53 Å².